The van der Waals surface area contributed by atoms with Crippen molar-refractivity contribution in [3.05, 3.63) is 75.9 Å². The number of aliphatic carboxylic acids is 2. The Labute approximate surface area is 267 Å². The van der Waals surface area contributed by atoms with E-state index in [0.717, 1.165) is 11.1 Å². The number of rotatable bonds is 9. The number of aromatic amines is 1. The van der Waals surface area contributed by atoms with Crippen molar-refractivity contribution in [2.75, 3.05) is 6.61 Å². The Morgan fingerprint density at radius 2 is 1.28 bits per heavy atom. The molecule has 0 fully saturated rings. The Morgan fingerprint density at radius 3 is 1.65 bits per heavy atom. The van der Waals surface area contributed by atoms with Crippen LogP contribution in [0.4, 0.5) is 0 Å². The van der Waals surface area contributed by atoms with E-state index in [4.69, 9.17) is 4.74 Å². The molecule has 1 aliphatic heterocycles. The number of carbonyl (C=O) groups excluding carboxylic acids is 2. The van der Waals surface area contributed by atoms with Gasteiger partial charge in [-0.05, 0) is 34.1 Å². The zero-order valence-electron chi connectivity index (χ0n) is 27.4. The summed E-state index contributed by atoms with van der Waals surface area (Å²) in [6, 6.07) is 4.37. The van der Waals surface area contributed by atoms with E-state index < -0.39 is 58.7 Å². The molecular formula is C34H42N4O8. The van der Waals surface area contributed by atoms with Crippen LogP contribution >= 0.6 is 0 Å². The molecule has 0 spiro atoms. The van der Waals surface area contributed by atoms with E-state index in [2.05, 4.69) is 20.6 Å². The third-order valence-electron chi connectivity index (χ3n) is 8.32. The van der Waals surface area contributed by atoms with Gasteiger partial charge in [0.15, 0.2) is 6.04 Å². The number of fused-ring (bicyclic) bond motifs is 2. The predicted molar refractivity (Wildman–Crippen MR) is 170 cm³/mol. The van der Waals surface area contributed by atoms with Crippen LogP contribution in [0, 0.1) is 0 Å². The van der Waals surface area contributed by atoms with Crippen molar-refractivity contribution in [3.63, 3.8) is 0 Å². The molecule has 1 aliphatic rings. The molecule has 0 saturated heterocycles. The number of imidazole rings is 1. The third kappa shape index (κ3) is 6.76. The Morgan fingerprint density at radius 1 is 0.826 bits per heavy atom. The minimum atomic E-state index is -1.55. The highest BCUT2D eigenvalue weighted by atomic mass is 16.5. The van der Waals surface area contributed by atoms with Crippen LogP contribution in [0.3, 0.4) is 0 Å². The smallest absolute Gasteiger partial charge is 0.328 e. The summed E-state index contributed by atoms with van der Waals surface area (Å²) in [5, 5.41) is 34.0. The summed E-state index contributed by atoms with van der Waals surface area (Å²) in [6.45, 7) is 15.0. The molecule has 2 atom stereocenters. The summed E-state index contributed by atoms with van der Waals surface area (Å²) in [7, 11) is 0. The van der Waals surface area contributed by atoms with E-state index in [9.17, 15) is 34.5 Å². The summed E-state index contributed by atoms with van der Waals surface area (Å²) in [5.41, 5.74) is 1.91. The number of nitrogens with one attached hydrogen (secondary N) is 3. The second-order valence-corrected chi connectivity index (χ2v) is 14.2. The maximum atomic E-state index is 14.0. The molecule has 2 amide bonds. The molecule has 0 radical (unpaired) electrons. The fraction of sp³-hybridized carbons (Fsp3) is 0.441. The number of aromatic nitrogens is 2. The molecule has 4 rings (SSSR count). The molecule has 3 aromatic rings. The van der Waals surface area contributed by atoms with E-state index in [0.29, 0.717) is 16.8 Å². The first-order valence-corrected chi connectivity index (χ1v) is 15.0. The minimum absolute atomic E-state index is 0.0348. The number of aliphatic hydroxyl groups is 1. The molecule has 0 saturated carbocycles. The number of amides is 2. The summed E-state index contributed by atoms with van der Waals surface area (Å²) in [5.74, 6) is -3.80. The van der Waals surface area contributed by atoms with Crippen LogP contribution in [0.25, 0.3) is 0 Å². The fourth-order valence-corrected chi connectivity index (χ4v) is 5.33. The normalized spacial score (nSPS) is 15.1. The van der Waals surface area contributed by atoms with Gasteiger partial charge in [-0.3, -0.25) is 9.59 Å². The van der Waals surface area contributed by atoms with E-state index in [1.807, 2.05) is 67.5 Å². The SMILES string of the molecule is CC(C)(C)c1cc(C(=O)N[C@@H](CO)C(=O)O)c2c(c1)C(C)(C)c1cc(C(C)(C)C)cc(C(=O)N[C@@H](Cc3cnc[nH]3)C(=O)O)c1O2. The molecule has 12 heteroatoms. The highest BCUT2D eigenvalue weighted by Gasteiger charge is 2.41. The molecule has 0 unspecified atom stereocenters. The van der Waals surface area contributed by atoms with Gasteiger partial charge in [-0.1, -0.05) is 67.5 Å². The van der Waals surface area contributed by atoms with Crippen LogP contribution in [0.5, 0.6) is 11.5 Å². The molecular weight excluding hydrogens is 592 g/mol. The van der Waals surface area contributed by atoms with Gasteiger partial charge in [0.2, 0.25) is 0 Å². The highest BCUT2D eigenvalue weighted by Crippen LogP contribution is 2.52. The standard InChI is InChI=1S/C34H42N4O8/c1-32(2,3)17-9-20(28(40)37-24(30(42)43)13-19-14-35-16-36-19)26-22(11-17)34(7,8)23-12-18(33(4,5)6)10-21(27(23)46-26)29(41)38-25(15-39)31(44)45/h9-12,14,16,24-25,39H,13,15H2,1-8H3,(H,35,36)(H,37,40)(H,38,41)(H,42,43)(H,44,45)/t24-,25-/m0/s1. The number of carboxylic acid groups (broad SMARTS) is 2. The van der Waals surface area contributed by atoms with Crippen LogP contribution < -0.4 is 15.4 Å². The van der Waals surface area contributed by atoms with E-state index in [-0.39, 0.29) is 29.0 Å². The monoisotopic (exact) mass is 634 g/mol. The van der Waals surface area contributed by atoms with Gasteiger partial charge in [-0.25, -0.2) is 14.6 Å². The minimum Gasteiger partial charge on any atom is -0.480 e. The van der Waals surface area contributed by atoms with Gasteiger partial charge in [0, 0.05) is 34.9 Å². The summed E-state index contributed by atoms with van der Waals surface area (Å²) in [4.78, 5) is 58.2. The second kappa shape index (κ2) is 12.2. The molecule has 0 bridgehead atoms. The average molecular weight is 635 g/mol. The van der Waals surface area contributed by atoms with Crippen LogP contribution in [-0.2, 0) is 32.3 Å². The van der Waals surface area contributed by atoms with Gasteiger partial charge >= 0.3 is 11.9 Å². The van der Waals surface area contributed by atoms with E-state index in [1.165, 1.54) is 12.5 Å². The maximum Gasteiger partial charge on any atom is 0.328 e. The molecule has 1 aromatic heterocycles. The van der Waals surface area contributed by atoms with Crippen LogP contribution in [0.15, 0.2) is 36.8 Å². The summed E-state index contributed by atoms with van der Waals surface area (Å²) in [6.07, 6.45) is 2.87. The van der Waals surface area contributed by atoms with Crippen molar-refractivity contribution < 1.29 is 39.2 Å². The first-order chi connectivity index (χ1) is 21.2. The zero-order valence-corrected chi connectivity index (χ0v) is 27.4. The van der Waals surface area contributed by atoms with Gasteiger partial charge in [0.25, 0.3) is 11.8 Å². The number of H-pyrrole nitrogens is 1. The Kier molecular flexibility index (Phi) is 9.09. The molecule has 246 valence electrons. The lowest BCUT2D eigenvalue weighted by Gasteiger charge is -2.39. The second-order valence-electron chi connectivity index (χ2n) is 14.2. The number of ether oxygens (including phenoxy) is 1. The van der Waals surface area contributed by atoms with Gasteiger partial charge in [0.05, 0.1) is 24.1 Å². The molecule has 0 aliphatic carbocycles. The fourth-order valence-electron chi connectivity index (χ4n) is 5.33. The van der Waals surface area contributed by atoms with Crippen molar-refractivity contribution in [2.24, 2.45) is 0 Å². The average Bonchev–Trinajstić information content (AvgIpc) is 3.46. The van der Waals surface area contributed by atoms with Crippen molar-refractivity contribution in [1.82, 2.24) is 20.6 Å². The number of nitrogens with zero attached hydrogens (tertiary/aromatic N) is 1. The lowest BCUT2D eigenvalue weighted by molar-refractivity contribution is -0.140. The molecule has 46 heavy (non-hydrogen) atoms. The van der Waals surface area contributed by atoms with Gasteiger partial charge < -0.3 is 35.7 Å². The first-order valence-electron chi connectivity index (χ1n) is 15.0. The van der Waals surface area contributed by atoms with Crippen LogP contribution in [-0.4, -0.2) is 67.7 Å². The number of aliphatic hydroxyl groups excluding tert-OH is 1. The van der Waals surface area contributed by atoms with Gasteiger partial charge in [-0.15, -0.1) is 0 Å². The number of benzene rings is 2. The Hall–Kier alpha value is -4.71. The number of hydrogen-bond donors (Lipinski definition) is 6. The van der Waals surface area contributed by atoms with Crippen molar-refractivity contribution in [1.29, 1.82) is 0 Å². The molecule has 12 nitrogen and oxygen atoms in total. The summed E-state index contributed by atoms with van der Waals surface area (Å²) >= 11 is 0. The quantitative estimate of drug-likeness (QED) is 0.202. The van der Waals surface area contributed by atoms with E-state index >= 15 is 0 Å². The van der Waals surface area contributed by atoms with Crippen LogP contribution in [0.2, 0.25) is 0 Å². The third-order valence-corrected chi connectivity index (χ3v) is 8.32. The maximum absolute atomic E-state index is 14.0. The highest BCUT2D eigenvalue weighted by molar-refractivity contribution is 6.02. The first kappa shape index (κ1) is 34.2. The number of carboxylic acids is 2. The van der Waals surface area contributed by atoms with Gasteiger partial charge in [-0.2, -0.15) is 0 Å². The predicted octanol–water partition coefficient (Wildman–Crippen LogP) is 4.04. The van der Waals surface area contributed by atoms with Crippen molar-refractivity contribution >= 4 is 23.8 Å². The zero-order chi connectivity index (χ0) is 34.4. The molecule has 2 aromatic carbocycles. The van der Waals surface area contributed by atoms with E-state index in [1.54, 1.807) is 12.1 Å². The lowest BCUT2D eigenvalue weighted by atomic mass is 9.70. The molecule has 2 heterocycles. The van der Waals surface area contributed by atoms with Gasteiger partial charge in [0.1, 0.15) is 17.5 Å². The Bertz CT molecular complexity index is 1680. The topological polar surface area (TPSA) is 191 Å². The van der Waals surface area contributed by atoms with Crippen molar-refractivity contribution in [2.45, 2.75) is 90.1 Å². The number of hydrogen-bond acceptors (Lipinski definition) is 7. The lowest BCUT2D eigenvalue weighted by Crippen LogP contribution is -2.44. The largest absolute Gasteiger partial charge is 0.480 e. The summed E-state index contributed by atoms with van der Waals surface area (Å²) < 4.78 is 6.48. The number of carbonyl (C=O) groups is 4. The van der Waals surface area contributed by atoms with Crippen LogP contribution in [0.1, 0.15) is 104 Å². The molecule has 6 N–H and O–H groups in total. The Balaban J connectivity index is 1.92. The van der Waals surface area contributed by atoms with Crippen molar-refractivity contribution in [3.8, 4) is 11.5 Å².